The Morgan fingerprint density at radius 2 is 1.85 bits per heavy atom. The summed E-state index contributed by atoms with van der Waals surface area (Å²) < 4.78 is 69.9. The van der Waals surface area contributed by atoms with Gasteiger partial charge in [0.15, 0.2) is 26.5 Å². The van der Waals surface area contributed by atoms with Crippen LogP contribution in [-0.2, 0) is 16.3 Å². The summed E-state index contributed by atoms with van der Waals surface area (Å²) in [4.78, 5) is 19.0. The molecule has 6 nitrogen and oxygen atoms in total. The van der Waals surface area contributed by atoms with Crippen LogP contribution in [0.2, 0.25) is 0 Å². The lowest BCUT2D eigenvalue weighted by atomic mass is 9.62. The van der Waals surface area contributed by atoms with Gasteiger partial charge in [-0.05, 0) is 86.7 Å². The molecular formula is C28H22F3N3O3S2. The van der Waals surface area contributed by atoms with Crippen LogP contribution in [0.15, 0.2) is 65.3 Å². The molecule has 0 unspecified atom stereocenters. The summed E-state index contributed by atoms with van der Waals surface area (Å²) in [6.45, 7) is 1.84. The van der Waals surface area contributed by atoms with Crippen LogP contribution < -0.4 is 0 Å². The molecule has 2 aromatic heterocycles. The number of thiazole rings is 1. The van der Waals surface area contributed by atoms with Gasteiger partial charge in [-0.25, -0.2) is 31.3 Å². The van der Waals surface area contributed by atoms with E-state index in [4.69, 9.17) is 0 Å². The molecule has 0 spiro atoms. The third kappa shape index (κ3) is 4.24. The van der Waals surface area contributed by atoms with Crippen LogP contribution in [0, 0.1) is 29.8 Å². The van der Waals surface area contributed by atoms with E-state index in [0.29, 0.717) is 23.2 Å². The topological polar surface area (TPSA) is 81.9 Å². The number of benzene rings is 2. The van der Waals surface area contributed by atoms with Crippen LogP contribution in [0.3, 0.4) is 0 Å². The van der Waals surface area contributed by atoms with Crippen molar-refractivity contribution in [3.05, 3.63) is 99.0 Å². The van der Waals surface area contributed by atoms with E-state index in [1.54, 1.807) is 29.2 Å². The highest BCUT2D eigenvalue weighted by Crippen LogP contribution is 2.52. The van der Waals surface area contributed by atoms with Gasteiger partial charge in [-0.15, -0.1) is 11.3 Å². The molecule has 2 heterocycles. The van der Waals surface area contributed by atoms with Crippen LogP contribution in [0.4, 0.5) is 13.2 Å². The van der Waals surface area contributed by atoms with Gasteiger partial charge in [0.25, 0.3) is 0 Å². The number of hydrogen-bond donors (Lipinski definition) is 0. The molecular weight excluding hydrogens is 547 g/mol. The van der Waals surface area contributed by atoms with Crippen LogP contribution in [0.1, 0.15) is 45.2 Å². The van der Waals surface area contributed by atoms with Gasteiger partial charge in [0.05, 0.1) is 33.1 Å². The predicted octanol–water partition coefficient (Wildman–Crippen LogP) is 5.89. The summed E-state index contributed by atoms with van der Waals surface area (Å²) in [6, 6.07) is 8.45. The van der Waals surface area contributed by atoms with Crippen LogP contribution in [0.5, 0.6) is 0 Å². The Bertz CT molecular complexity index is 1760. The third-order valence-electron chi connectivity index (χ3n) is 7.60. The minimum absolute atomic E-state index is 0.0290. The quantitative estimate of drug-likeness (QED) is 0.221. The monoisotopic (exact) mass is 569 g/mol. The van der Waals surface area contributed by atoms with Crippen LogP contribution >= 0.6 is 11.3 Å². The number of carbonyl (C=O) groups excluding carboxylic acids is 1. The van der Waals surface area contributed by atoms with Crippen molar-refractivity contribution in [3.8, 4) is 5.69 Å². The molecule has 0 saturated heterocycles. The number of rotatable bonds is 5. The molecule has 2 aliphatic carbocycles. The van der Waals surface area contributed by atoms with Crippen LogP contribution in [-0.4, -0.2) is 34.2 Å². The Kier molecular flexibility index (Phi) is 6.11. The highest BCUT2D eigenvalue weighted by Gasteiger charge is 2.52. The van der Waals surface area contributed by atoms with E-state index in [9.17, 15) is 26.4 Å². The summed E-state index contributed by atoms with van der Waals surface area (Å²) in [5.41, 5.74) is 1.72. The van der Waals surface area contributed by atoms with Gasteiger partial charge >= 0.3 is 0 Å². The van der Waals surface area contributed by atoms with Crippen molar-refractivity contribution in [1.29, 1.82) is 0 Å². The predicted molar refractivity (Wildman–Crippen MR) is 140 cm³/mol. The second-order valence-corrected chi connectivity index (χ2v) is 13.4. The number of fused-ring (bicyclic) bond motifs is 2. The van der Waals surface area contributed by atoms with E-state index < -0.39 is 32.1 Å². The van der Waals surface area contributed by atoms with Gasteiger partial charge < -0.3 is 0 Å². The third-order valence-corrected chi connectivity index (χ3v) is 10.7. The Balaban J connectivity index is 1.45. The van der Waals surface area contributed by atoms with Gasteiger partial charge in [0.1, 0.15) is 5.82 Å². The Morgan fingerprint density at radius 3 is 2.54 bits per heavy atom. The number of carbonyl (C=O) groups is 1. The van der Waals surface area contributed by atoms with E-state index in [-0.39, 0.29) is 35.8 Å². The zero-order valence-electron chi connectivity index (χ0n) is 20.7. The van der Waals surface area contributed by atoms with Gasteiger partial charge in [0.2, 0.25) is 5.78 Å². The summed E-state index contributed by atoms with van der Waals surface area (Å²) in [7, 11) is -4.08. The molecule has 0 bridgehead atoms. The number of nitrogens with zero attached hydrogens (tertiary/aromatic N) is 3. The molecule has 1 fully saturated rings. The first-order valence-corrected chi connectivity index (χ1v) is 14.6. The lowest BCUT2D eigenvalue weighted by molar-refractivity contribution is 0.0802. The van der Waals surface area contributed by atoms with Crippen molar-refractivity contribution in [2.75, 3.05) is 0 Å². The summed E-state index contributed by atoms with van der Waals surface area (Å²) in [5, 5.41) is 3.79. The number of ketones is 1. The minimum Gasteiger partial charge on any atom is -0.290 e. The van der Waals surface area contributed by atoms with Crippen molar-refractivity contribution in [2.45, 2.75) is 42.8 Å². The highest BCUT2D eigenvalue weighted by atomic mass is 32.2. The zero-order valence-corrected chi connectivity index (χ0v) is 22.3. The first-order chi connectivity index (χ1) is 18.6. The average Bonchev–Trinajstić information content (AvgIpc) is 3.54. The first-order valence-electron chi connectivity index (χ1n) is 12.3. The minimum atomic E-state index is -4.08. The number of halogens is 3. The fourth-order valence-electron chi connectivity index (χ4n) is 5.63. The number of sulfone groups is 1. The summed E-state index contributed by atoms with van der Waals surface area (Å²) in [6.07, 6.45) is 5.82. The molecule has 0 amide bonds. The van der Waals surface area contributed by atoms with E-state index >= 15 is 0 Å². The number of aromatic nitrogens is 3. The van der Waals surface area contributed by atoms with Gasteiger partial charge in [-0.2, -0.15) is 5.10 Å². The van der Waals surface area contributed by atoms with Crippen molar-refractivity contribution in [1.82, 2.24) is 14.8 Å². The standard InChI is InChI=1S/C28H22F3N3O3S2/c1-16-14-32-27(38-16)26(35)28-12-17-15-33-34(20-5-3-19(29)4-6-20)25(17)10-18(28)2-7-22(13-28)39(36,37)21-8-9-23(30)24(31)11-21/h3-6,8-11,14-15,22H,2,7,12-13H2,1H3/t22-,28-/m1/s1. The smallest absolute Gasteiger partial charge is 0.201 e. The molecule has 0 aliphatic heterocycles. The molecule has 0 N–H and O–H groups in total. The van der Waals surface area contributed by atoms with Crippen molar-refractivity contribution in [2.24, 2.45) is 5.41 Å². The normalized spacial score (nSPS) is 20.7. The molecule has 2 aromatic carbocycles. The van der Waals surface area contributed by atoms with E-state index in [0.717, 1.165) is 33.8 Å². The lowest BCUT2D eigenvalue weighted by Gasteiger charge is -2.43. The number of allylic oxidation sites excluding steroid dienone is 1. The molecule has 200 valence electrons. The maximum Gasteiger partial charge on any atom is 0.201 e. The largest absolute Gasteiger partial charge is 0.290 e. The van der Waals surface area contributed by atoms with Gasteiger partial charge in [0, 0.05) is 11.1 Å². The fourth-order valence-corrected chi connectivity index (χ4v) is 8.27. The number of aryl methyl sites for hydroxylation is 1. The molecule has 0 radical (unpaired) electrons. The van der Waals surface area contributed by atoms with Crippen molar-refractivity contribution >= 4 is 33.0 Å². The molecule has 39 heavy (non-hydrogen) atoms. The second-order valence-electron chi connectivity index (χ2n) is 9.96. The average molecular weight is 570 g/mol. The van der Waals surface area contributed by atoms with Crippen molar-refractivity contribution < 1.29 is 26.4 Å². The zero-order chi connectivity index (χ0) is 27.5. The number of Topliss-reactive ketones (excluding diaryl/α,β-unsaturated/α-hetero) is 1. The van der Waals surface area contributed by atoms with E-state index in [1.165, 1.54) is 23.5 Å². The van der Waals surface area contributed by atoms with Gasteiger partial charge in [-0.1, -0.05) is 5.57 Å². The van der Waals surface area contributed by atoms with Gasteiger partial charge in [-0.3, -0.25) is 4.79 Å². The Labute approximate surface area is 226 Å². The molecule has 2 aliphatic rings. The van der Waals surface area contributed by atoms with E-state index in [1.807, 2.05) is 13.0 Å². The lowest BCUT2D eigenvalue weighted by Crippen LogP contribution is -2.45. The van der Waals surface area contributed by atoms with E-state index in [2.05, 4.69) is 10.1 Å². The number of hydrogen-bond acceptors (Lipinski definition) is 6. The SMILES string of the molecule is Cc1cnc(C(=O)[C@@]23Cc4cnn(-c5ccc(F)cc5)c4C=C2CC[C@@H](S(=O)(=O)c2ccc(F)c(F)c2)C3)s1. The Hall–Kier alpha value is -3.57. The summed E-state index contributed by atoms with van der Waals surface area (Å²) >= 11 is 1.25. The highest BCUT2D eigenvalue weighted by molar-refractivity contribution is 7.92. The summed E-state index contributed by atoms with van der Waals surface area (Å²) in [5.74, 6) is -3.02. The maximum absolute atomic E-state index is 14.1. The second kappa shape index (κ2) is 9.27. The maximum atomic E-state index is 14.1. The van der Waals surface area contributed by atoms with Crippen molar-refractivity contribution in [3.63, 3.8) is 0 Å². The Morgan fingerprint density at radius 1 is 1.08 bits per heavy atom. The van der Waals surface area contributed by atoms with Crippen LogP contribution in [0.25, 0.3) is 11.8 Å². The molecule has 6 rings (SSSR count). The fraction of sp³-hybridized carbons (Fsp3) is 0.250. The first kappa shape index (κ1) is 25.7. The molecule has 1 saturated carbocycles. The molecule has 2 atom stereocenters. The molecule has 11 heteroatoms. The molecule has 4 aromatic rings.